The number of nitrogens with zero attached hydrogens (tertiary/aromatic N) is 2. The molecule has 0 aliphatic rings. The molecule has 0 spiro atoms. The summed E-state index contributed by atoms with van der Waals surface area (Å²) in [7, 11) is 0. The first kappa shape index (κ1) is 11.2. The van der Waals surface area contributed by atoms with E-state index in [-0.39, 0.29) is 6.01 Å². The van der Waals surface area contributed by atoms with Crippen molar-refractivity contribution < 1.29 is 4.74 Å². The molecular formula is C10H7BrClN3O. The van der Waals surface area contributed by atoms with Gasteiger partial charge in [-0.1, -0.05) is 11.6 Å². The van der Waals surface area contributed by atoms with Crippen LogP contribution < -0.4 is 10.5 Å². The Bertz CT molecular complexity index is 521. The third kappa shape index (κ3) is 2.62. The maximum absolute atomic E-state index is 5.81. The number of benzene rings is 1. The SMILES string of the molecule is Nc1ccnc(Oc2ccc(Cl)cc2Br)n1. The Labute approximate surface area is 106 Å². The molecule has 0 amide bonds. The van der Waals surface area contributed by atoms with Crippen molar-refractivity contribution in [2.45, 2.75) is 0 Å². The van der Waals surface area contributed by atoms with E-state index in [0.717, 1.165) is 4.47 Å². The van der Waals surface area contributed by atoms with E-state index >= 15 is 0 Å². The summed E-state index contributed by atoms with van der Waals surface area (Å²) in [6, 6.07) is 6.95. The number of hydrogen-bond acceptors (Lipinski definition) is 4. The van der Waals surface area contributed by atoms with E-state index in [2.05, 4.69) is 25.9 Å². The fraction of sp³-hybridized carbons (Fsp3) is 0. The first-order chi connectivity index (χ1) is 7.65. The second-order valence-electron chi connectivity index (χ2n) is 2.94. The Balaban J connectivity index is 2.27. The van der Waals surface area contributed by atoms with Gasteiger partial charge < -0.3 is 10.5 Å². The van der Waals surface area contributed by atoms with Crippen LogP contribution in [0.2, 0.25) is 5.02 Å². The molecule has 1 aromatic heterocycles. The molecular weight excluding hydrogens is 293 g/mol. The standard InChI is InChI=1S/C10H7BrClN3O/c11-7-5-6(12)1-2-8(7)16-10-14-4-3-9(13)15-10/h1-5H,(H2,13,14,15). The van der Waals surface area contributed by atoms with Crippen molar-refractivity contribution in [3.63, 3.8) is 0 Å². The quantitative estimate of drug-likeness (QED) is 0.924. The van der Waals surface area contributed by atoms with E-state index in [0.29, 0.717) is 16.6 Å². The van der Waals surface area contributed by atoms with Gasteiger partial charge in [0.05, 0.1) is 4.47 Å². The highest BCUT2D eigenvalue weighted by molar-refractivity contribution is 9.10. The number of halogens is 2. The largest absolute Gasteiger partial charge is 0.423 e. The number of nitrogen functional groups attached to an aromatic ring is 1. The first-order valence-electron chi connectivity index (χ1n) is 4.36. The van der Waals surface area contributed by atoms with Gasteiger partial charge in [0.25, 0.3) is 0 Å². The molecule has 0 unspecified atom stereocenters. The van der Waals surface area contributed by atoms with Crippen molar-refractivity contribution in [3.8, 4) is 11.8 Å². The van der Waals surface area contributed by atoms with Crippen LogP contribution in [0, 0.1) is 0 Å². The minimum atomic E-state index is 0.197. The third-order valence-corrected chi connectivity index (χ3v) is 2.60. The zero-order chi connectivity index (χ0) is 11.5. The molecule has 16 heavy (non-hydrogen) atoms. The molecule has 2 rings (SSSR count). The van der Waals surface area contributed by atoms with Gasteiger partial charge in [-0.15, -0.1) is 0 Å². The molecule has 0 radical (unpaired) electrons. The normalized spacial score (nSPS) is 10.1. The highest BCUT2D eigenvalue weighted by atomic mass is 79.9. The van der Waals surface area contributed by atoms with Crippen LogP contribution in [0.1, 0.15) is 0 Å². The Morgan fingerprint density at radius 1 is 1.31 bits per heavy atom. The number of rotatable bonds is 2. The van der Waals surface area contributed by atoms with Crippen LogP contribution in [0.4, 0.5) is 5.82 Å². The van der Waals surface area contributed by atoms with Crippen molar-refractivity contribution in [3.05, 3.63) is 40.0 Å². The summed E-state index contributed by atoms with van der Waals surface area (Å²) in [5, 5.41) is 0.618. The van der Waals surface area contributed by atoms with Gasteiger partial charge in [0, 0.05) is 11.2 Å². The monoisotopic (exact) mass is 299 g/mol. The number of nitrogens with two attached hydrogens (primary N) is 1. The number of ether oxygens (including phenoxy) is 1. The molecule has 0 aliphatic heterocycles. The van der Waals surface area contributed by atoms with Crippen LogP contribution in [0.3, 0.4) is 0 Å². The first-order valence-corrected chi connectivity index (χ1v) is 5.53. The Kier molecular flexibility index (Phi) is 3.26. The summed E-state index contributed by atoms with van der Waals surface area (Å²) in [6.45, 7) is 0. The van der Waals surface area contributed by atoms with Gasteiger partial charge >= 0.3 is 6.01 Å². The Morgan fingerprint density at radius 2 is 2.12 bits per heavy atom. The third-order valence-electron chi connectivity index (χ3n) is 1.75. The maximum atomic E-state index is 5.81. The average Bonchev–Trinajstić information content (AvgIpc) is 2.22. The smallest absolute Gasteiger partial charge is 0.323 e. The van der Waals surface area contributed by atoms with E-state index in [4.69, 9.17) is 22.1 Å². The Hall–Kier alpha value is -1.33. The van der Waals surface area contributed by atoms with Gasteiger partial charge in [-0.05, 0) is 40.2 Å². The highest BCUT2D eigenvalue weighted by Crippen LogP contribution is 2.30. The van der Waals surface area contributed by atoms with Gasteiger partial charge in [-0.3, -0.25) is 0 Å². The van der Waals surface area contributed by atoms with Crippen molar-refractivity contribution in [2.75, 3.05) is 5.73 Å². The second kappa shape index (κ2) is 4.67. The average molecular weight is 301 g/mol. The van der Waals surface area contributed by atoms with Crippen molar-refractivity contribution in [1.29, 1.82) is 0 Å². The Morgan fingerprint density at radius 3 is 2.81 bits per heavy atom. The molecule has 6 heteroatoms. The summed E-state index contributed by atoms with van der Waals surface area (Å²) in [4.78, 5) is 7.85. The van der Waals surface area contributed by atoms with Crippen LogP contribution in [-0.2, 0) is 0 Å². The van der Waals surface area contributed by atoms with Crippen molar-refractivity contribution in [1.82, 2.24) is 9.97 Å². The maximum Gasteiger partial charge on any atom is 0.323 e. The number of anilines is 1. The van der Waals surface area contributed by atoms with Crippen LogP contribution >= 0.6 is 27.5 Å². The molecule has 2 N–H and O–H groups in total. The van der Waals surface area contributed by atoms with E-state index < -0.39 is 0 Å². The van der Waals surface area contributed by atoms with Crippen LogP contribution in [-0.4, -0.2) is 9.97 Å². The molecule has 1 heterocycles. The summed E-state index contributed by atoms with van der Waals surface area (Å²) in [6.07, 6.45) is 1.53. The minimum Gasteiger partial charge on any atom is -0.423 e. The van der Waals surface area contributed by atoms with Gasteiger partial charge in [0.1, 0.15) is 11.6 Å². The lowest BCUT2D eigenvalue weighted by Crippen LogP contribution is -1.95. The molecule has 4 nitrogen and oxygen atoms in total. The van der Waals surface area contributed by atoms with Crippen molar-refractivity contribution in [2.24, 2.45) is 0 Å². The molecule has 0 saturated heterocycles. The number of hydrogen-bond donors (Lipinski definition) is 1. The zero-order valence-corrected chi connectivity index (χ0v) is 10.4. The fourth-order valence-electron chi connectivity index (χ4n) is 1.06. The number of aromatic nitrogens is 2. The molecule has 1 aromatic carbocycles. The lowest BCUT2D eigenvalue weighted by atomic mass is 10.3. The summed E-state index contributed by atoms with van der Waals surface area (Å²) in [5.74, 6) is 0.935. The lowest BCUT2D eigenvalue weighted by Gasteiger charge is -2.05. The predicted molar refractivity (Wildman–Crippen MR) is 65.7 cm³/mol. The summed E-state index contributed by atoms with van der Waals surface area (Å²) >= 11 is 9.14. The molecule has 0 saturated carbocycles. The molecule has 2 aromatic rings. The molecule has 0 atom stereocenters. The van der Waals surface area contributed by atoms with Gasteiger partial charge in [-0.2, -0.15) is 4.98 Å². The lowest BCUT2D eigenvalue weighted by molar-refractivity contribution is 0.440. The minimum absolute atomic E-state index is 0.197. The molecule has 0 aliphatic carbocycles. The van der Waals surface area contributed by atoms with Crippen molar-refractivity contribution >= 4 is 33.3 Å². The van der Waals surface area contributed by atoms with Crippen LogP contribution in [0.15, 0.2) is 34.9 Å². The van der Waals surface area contributed by atoms with Crippen LogP contribution in [0.25, 0.3) is 0 Å². The topological polar surface area (TPSA) is 61.0 Å². The van der Waals surface area contributed by atoms with E-state index in [1.165, 1.54) is 6.20 Å². The van der Waals surface area contributed by atoms with Gasteiger partial charge in [0.2, 0.25) is 0 Å². The van der Waals surface area contributed by atoms with E-state index in [1.807, 2.05) is 0 Å². The summed E-state index contributed by atoms with van der Waals surface area (Å²) in [5.41, 5.74) is 5.51. The predicted octanol–water partition coefficient (Wildman–Crippen LogP) is 3.27. The van der Waals surface area contributed by atoms with E-state index in [1.54, 1.807) is 24.3 Å². The van der Waals surface area contributed by atoms with Gasteiger partial charge in [-0.25, -0.2) is 4.98 Å². The van der Waals surface area contributed by atoms with Gasteiger partial charge in [0.15, 0.2) is 0 Å². The summed E-state index contributed by atoms with van der Waals surface area (Å²) < 4.78 is 6.17. The zero-order valence-electron chi connectivity index (χ0n) is 8.02. The highest BCUT2D eigenvalue weighted by Gasteiger charge is 2.05. The van der Waals surface area contributed by atoms with E-state index in [9.17, 15) is 0 Å². The molecule has 82 valence electrons. The molecule has 0 bridgehead atoms. The fourth-order valence-corrected chi connectivity index (χ4v) is 1.82. The second-order valence-corrected chi connectivity index (χ2v) is 4.23. The molecule has 0 fully saturated rings. The van der Waals surface area contributed by atoms with Crippen LogP contribution in [0.5, 0.6) is 11.8 Å².